The maximum atomic E-state index is 12.4. The van der Waals surface area contributed by atoms with Crippen LogP contribution in [0.25, 0.3) is 0 Å². The molecular formula is C14H17ClF3NO. The van der Waals surface area contributed by atoms with Crippen LogP contribution in [0.2, 0.25) is 0 Å². The number of nitrogens with one attached hydrogen (secondary N) is 1. The Labute approximate surface area is 121 Å². The average molecular weight is 308 g/mol. The lowest BCUT2D eigenvalue weighted by atomic mass is 9.94. The number of carbonyl (C=O) groups excluding carboxylic acids is 1. The molecule has 0 aliphatic heterocycles. The van der Waals surface area contributed by atoms with E-state index in [4.69, 9.17) is 11.6 Å². The molecule has 1 amide bonds. The molecule has 0 aliphatic carbocycles. The molecule has 0 saturated heterocycles. The van der Waals surface area contributed by atoms with Crippen LogP contribution in [-0.2, 0) is 6.18 Å². The van der Waals surface area contributed by atoms with Crippen LogP contribution in [0.15, 0.2) is 24.3 Å². The highest BCUT2D eigenvalue weighted by Gasteiger charge is 2.31. The van der Waals surface area contributed by atoms with Crippen LogP contribution >= 0.6 is 11.6 Å². The van der Waals surface area contributed by atoms with E-state index in [0.29, 0.717) is 12.8 Å². The zero-order chi connectivity index (χ0) is 15.4. The minimum atomic E-state index is -4.40. The van der Waals surface area contributed by atoms with E-state index in [2.05, 4.69) is 5.32 Å². The number of alkyl halides is 4. The Morgan fingerprint density at radius 3 is 2.00 bits per heavy atom. The Bertz CT molecular complexity index is 444. The largest absolute Gasteiger partial charge is 0.416 e. The highest BCUT2D eigenvalue weighted by Crippen LogP contribution is 2.29. The predicted molar refractivity (Wildman–Crippen MR) is 72.9 cm³/mol. The van der Waals surface area contributed by atoms with Gasteiger partial charge in [-0.25, -0.2) is 0 Å². The first kappa shape index (κ1) is 16.8. The maximum absolute atomic E-state index is 12.4. The summed E-state index contributed by atoms with van der Waals surface area (Å²) in [6.45, 7) is 3.80. The van der Waals surface area contributed by atoms with Gasteiger partial charge in [-0.3, -0.25) is 4.79 Å². The molecule has 0 heterocycles. The van der Waals surface area contributed by atoms with E-state index in [1.165, 1.54) is 12.1 Å². The zero-order valence-electron chi connectivity index (χ0n) is 11.4. The van der Waals surface area contributed by atoms with Crippen molar-refractivity contribution in [1.82, 2.24) is 5.32 Å². The minimum absolute atomic E-state index is 0.189. The lowest BCUT2D eigenvalue weighted by molar-refractivity contribution is -0.137. The predicted octanol–water partition coefficient (Wildman–Crippen LogP) is 4.23. The lowest BCUT2D eigenvalue weighted by Gasteiger charge is -2.30. The Morgan fingerprint density at radius 2 is 1.65 bits per heavy atom. The van der Waals surface area contributed by atoms with Crippen LogP contribution < -0.4 is 5.32 Å². The van der Waals surface area contributed by atoms with E-state index in [0.717, 1.165) is 12.1 Å². The molecule has 1 N–H and O–H groups in total. The Hall–Kier alpha value is -1.23. The highest BCUT2D eigenvalue weighted by molar-refractivity contribution is 6.18. The first-order valence-corrected chi connectivity index (χ1v) is 6.87. The molecule has 0 atom stereocenters. The number of halogens is 4. The molecule has 112 valence electrons. The monoisotopic (exact) mass is 307 g/mol. The molecular weight excluding hydrogens is 291 g/mol. The fraction of sp³-hybridized carbons (Fsp3) is 0.500. The molecule has 2 nitrogen and oxygen atoms in total. The van der Waals surface area contributed by atoms with E-state index in [1.807, 2.05) is 13.8 Å². The lowest BCUT2D eigenvalue weighted by Crippen LogP contribution is -2.49. The molecule has 0 fully saturated rings. The summed E-state index contributed by atoms with van der Waals surface area (Å²) in [5.74, 6) is -0.157. The van der Waals surface area contributed by atoms with Crippen LogP contribution in [0.1, 0.15) is 42.6 Å². The van der Waals surface area contributed by atoms with Crippen LogP contribution in [0.3, 0.4) is 0 Å². The van der Waals surface area contributed by atoms with Gasteiger partial charge in [0.05, 0.1) is 11.1 Å². The number of amides is 1. The van der Waals surface area contributed by atoms with E-state index in [1.54, 1.807) is 0 Å². The normalized spacial score (nSPS) is 12.3. The van der Waals surface area contributed by atoms with Gasteiger partial charge in [0.2, 0.25) is 0 Å². The van der Waals surface area contributed by atoms with E-state index < -0.39 is 23.2 Å². The molecule has 0 aliphatic rings. The summed E-state index contributed by atoms with van der Waals surface area (Å²) in [6, 6.07) is 4.13. The average Bonchev–Trinajstić information content (AvgIpc) is 2.44. The Morgan fingerprint density at radius 1 is 1.15 bits per heavy atom. The molecule has 0 spiro atoms. The van der Waals surface area contributed by atoms with E-state index in [9.17, 15) is 18.0 Å². The van der Waals surface area contributed by atoms with Crippen LogP contribution in [0, 0.1) is 0 Å². The number of hydrogen-bond acceptors (Lipinski definition) is 1. The van der Waals surface area contributed by atoms with Gasteiger partial charge in [-0.15, -0.1) is 11.6 Å². The van der Waals surface area contributed by atoms with Gasteiger partial charge in [-0.1, -0.05) is 13.8 Å². The van der Waals surface area contributed by atoms with Crippen molar-refractivity contribution in [2.24, 2.45) is 0 Å². The second-order valence-electron chi connectivity index (χ2n) is 4.65. The van der Waals surface area contributed by atoms with Crippen molar-refractivity contribution >= 4 is 17.5 Å². The summed E-state index contributed by atoms with van der Waals surface area (Å²) in [5.41, 5.74) is -1.11. The van der Waals surface area contributed by atoms with Crippen molar-refractivity contribution in [1.29, 1.82) is 0 Å². The Balaban J connectivity index is 2.88. The van der Waals surface area contributed by atoms with Gasteiger partial charge in [0.25, 0.3) is 5.91 Å². The van der Waals surface area contributed by atoms with E-state index >= 15 is 0 Å². The van der Waals surface area contributed by atoms with Crippen molar-refractivity contribution in [2.45, 2.75) is 38.4 Å². The molecule has 1 aromatic carbocycles. The van der Waals surface area contributed by atoms with Crippen molar-refractivity contribution in [2.75, 3.05) is 5.88 Å². The van der Waals surface area contributed by atoms with Crippen molar-refractivity contribution in [3.05, 3.63) is 35.4 Å². The molecule has 6 heteroatoms. The Kier molecular flexibility index (Phi) is 5.45. The quantitative estimate of drug-likeness (QED) is 0.810. The zero-order valence-corrected chi connectivity index (χ0v) is 12.1. The second kappa shape index (κ2) is 6.48. The fourth-order valence-corrected chi connectivity index (χ4v) is 2.22. The minimum Gasteiger partial charge on any atom is -0.345 e. The van der Waals surface area contributed by atoms with Crippen LogP contribution in [0.4, 0.5) is 13.2 Å². The molecule has 0 bridgehead atoms. The van der Waals surface area contributed by atoms with Gasteiger partial charge in [0.15, 0.2) is 0 Å². The number of rotatable bonds is 5. The van der Waals surface area contributed by atoms with Gasteiger partial charge in [0.1, 0.15) is 0 Å². The summed E-state index contributed by atoms with van der Waals surface area (Å²) < 4.78 is 37.3. The smallest absolute Gasteiger partial charge is 0.345 e. The van der Waals surface area contributed by atoms with Crippen LogP contribution in [-0.4, -0.2) is 17.3 Å². The van der Waals surface area contributed by atoms with Gasteiger partial charge >= 0.3 is 6.18 Å². The number of hydrogen-bond donors (Lipinski definition) is 1. The topological polar surface area (TPSA) is 29.1 Å². The molecule has 1 aromatic rings. The van der Waals surface area contributed by atoms with Gasteiger partial charge in [-0.2, -0.15) is 13.2 Å². The molecule has 0 saturated carbocycles. The summed E-state index contributed by atoms with van der Waals surface area (Å²) >= 11 is 5.88. The van der Waals surface area contributed by atoms with Crippen LogP contribution in [0.5, 0.6) is 0 Å². The SMILES string of the molecule is CCC(CC)(CCl)NC(=O)c1ccc(C(F)(F)F)cc1. The highest BCUT2D eigenvalue weighted by atomic mass is 35.5. The third-order valence-corrected chi connectivity index (χ3v) is 3.97. The molecule has 1 rings (SSSR count). The van der Waals surface area contributed by atoms with Crippen molar-refractivity contribution in [3.63, 3.8) is 0 Å². The molecule has 0 radical (unpaired) electrons. The second-order valence-corrected chi connectivity index (χ2v) is 4.92. The summed E-state index contributed by atoms with van der Waals surface area (Å²) in [5, 5.41) is 2.80. The molecule has 20 heavy (non-hydrogen) atoms. The summed E-state index contributed by atoms with van der Waals surface area (Å²) in [7, 11) is 0. The first-order valence-electron chi connectivity index (χ1n) is 6.33. The number of carbonyl (C=O) groups is 1. The molecule has 0 unspecified atom stereocenters. The third-order valence-electron chi connectivity index (χ3n) is 3.46. The van der Waals surface area contributed by atoms with Gasteiger partial charge in [0, 0.05) is 11.4 Å². The number of benzene rings is 1. The summed E-state index contributed by atoms with van der Waals surface area (Å²) in [4.78, 5) is 12.0. The maximum Gasteiger partial charge on any atom is 0.416 e. The molecule has 0 aromatic heterocycles. The van der Waals surface area contributed by atoms with Crippen molar-refractivity contribution in [3.8, 4) is 0 Å². The van der Waals surface area contributed by atoms with Gasteiger partial charge < -0.3 is 5.32 Å². The van der Waals surface area contributed by atoms with Crippen molar-refractivity contribution < 1.29 is 18.0 Å². The van der Waals surface area contributed by atoms with E-state index in [-0.39, 0.29) is 11.4 Å². The van der Waals surface area contributed by atoms with Gasteiger partial charge in [-0.05, 0) is 37.1 Å². The third kappa shape index (κ3) is 3.88. The summed E-state index contributed by atoms with van der Waals surface area (Å²) in [6.07, 6.45) is -3.10. The standard InChI is InChI=1S/C14H17ClF3NO/c1-3-13(4-2,9-15)19-12(20)10-5-7-11(8-6-10)14(16,17)18/h5-8H,3-4,9H2,1-2H3,(H,19,20). The first-order chi connectivity index (χ1) is 9.28. The fourth-order valence-electron chi connectivity index (χ4n) is 1.77.